The Morgan fingerprint density at radius 1 is 1.67 bits per heavy atom. The number of nitrogens with two attached hydrogens (primary N) is 1. The number of carboxylic acid groups (broad SMARTS) is 1. The standard InChI is InChI=1S/C9H13N3O3/c10-5-6-2-1-3-12(6)9(15)7(11)4-8(13)14/h6-7H,1-4,11H2,(H,13,14). The van der Waals surface area contributed by atoms with E-state index in [9.17, 15) is 9.59 Å². The first-order chi connectivity index (χ1) is 7.06. The fraction of sp³-hybridized carbons (Fsp3) is 0.667. The lowest BCUT2D eigenvalue weighted by molar-refractivity contribution is -0.142. The Balaban J connectivity index is 2.60. The van der Waals surface area contributed by atoms with Crippen LogP contribution in [0.3, 0.4) is 0 Å². The number of likely N-dealkylation sites (tertiary alicyclic amines) is 1. The largest absolute Gasteiger partial charge is 0.481 e. The molecule has 1 aliphatic rings. The molecular formula is C9H13N3O3. The van der Waals surface area contributed by atoms with Gasteiger partial charge in [-0.2, -0.15) is 5.26 Å². The summed E-state index contributed by atoms with van der Waals surface area (Å²) >= 11 is 0. The molecule has 82 valence electrons. The number of aliphatic carboxylic acids is 1. The fourth-order valence-electron chi connectivity index (χ4n) is 1.65. The van der Waals surface area contributed by atoms with E-state index >= 15 is 0 Å². The van der Waals surface area contributed by atoms with Gasteiger partial charge >= 0.3 is 5.97 Å². The van der Waals surface area contributed by atoms with Gasteiger partial charge in [-0.1, -0.05) is 0 Å². The van der Waals surface area contributed by atoms with E-state index in [1.54, 1.807) is 0 Å². The zero-order chi connectivity index (χ0) is 11.4. The predicted octanol–water partition coefficient (Wildman–Crippen LogP) is -0.697. The summed E-state index contributed by atoms with van der Waals surface area (Å²) in [7, 11) is 0. The third kappa shape index (κ3) is 2.67. The van der Waals surface area contributed by atoms with Gasteiger partial charge in [-0.25, -0.2) is 0 Å². The maximum Gasteiger partial charge on any atom is 0.305 e. The van der Waals surface area contributed by atoms with Crippen molar-refractivity contribution in [1.29, 1.82) is 5.26 Å². The molecule has 0 aromatic heterocycles. The van der Waals surface area contributed by atoms with Gasteiger partial charge in [0.05, 0.1) is 18.5 Å². The first-order valence-corrected chi connectivity index (χ1v) is 4.73. The first-order valence-electron chi connectivity index (χ1n) is 4.73. The van der Waals surface area contributed by atoms with Crippen molar-refractivity contribution in [2.24, 2.45) is 5.73 Å². The number of hydrogen-bond donors (Lipinski definition) is 2. The van der Waals surface area contributed by atoms with Crippen LogP contribution in [-0.2, 0) is 9.59 Å². The number of amides is 1. The van der Waals surface area contributed by atoms with Gasteiger partial charge in [-0.3, -0.25) is 9.59 Å². The lowest BCUT2D eigenvalue weighted by Crippen LogP contribution is -2.46. The van der Waals surface area contributed by atoms with Crippen LogP contribution in [0.15, 0.2) is 0 Å². The number of carbonyl (C=O) groups excluding carboxylic acids is 1. The average molecular weight is 211 g/mol. The molecule has 15 heavy (non-hydrogen) atoms. The summed E-state index contributed by atoms with van der Waals surface area (Å²) in [6.07, 6.45) is 1.01. The molecule has 2 atom stereocenters. The van der Waals surface area contributed by atoms with Crippen LogP contribution in [0.1, 0.15) is 19.3 Å². The molecule has 1 amide bonds. The second-order valence-electron chi connectivity index (χ2n) is 3.52. The second-order valence-corrected chi connectivity index (χ2v) is 3.52. The maximum absolute atomic E-state index is 11.6. The fourth-order valence-corrected chi connectivity index (χ4v) is 1.65. The smallest absolute Gasteiger partial charge is 0.305 e. The highest BCUT2D eigenvalue weighted by molar-refractivity contribution is 5.86. The first kappa shape index (κ1) is 11.5. The molecule has 0 bridgehead atoms. The normalized spacial score (nSPS) is 22.1. The molecule has 1 saturated heterocycles. The third-order valence-corrected chi connectivity index (χ3v) is 2.40. The Hall–Kier alpha value is -1.61. The van der Waals surface area contributed by atoms with E-state index in [1.165, 1.54) is 4.90 Å². The minimum atomic E-state index is -1.11. The third-order valence-electron chi connectivity index (χ3n) is 2.40. The number of carbonyl (C=O) groups is 2. The highest BCUT2D eigenvalue weighted by atomic mass is 16.4. The van der Waals surface area contributed by atoms with Gasteiger partial charge in [0.2, 0.25) is 5.91 Å². The molecule has 1 rings (SSSR count). The minimum absolute atomic E-state index is 0.395. The number of nitrogens with zero attached hydrogens (tertiary/aromatic N) is 2. The van der Waals surface area contributed by atoms with Crippen molar-refractivity contribution >= 4 is 11.9 Å². The van der Waals surface area contributed by atoms with Gasteiger partial charge < -0.3 is 15.7 Å². The van der Waals surface area contributed by atoms with Gasteiger partial charge in [0.25, 0.3) is 0 Å². The predicted molar refractivity (Wildman–Crippen MR) is 50.6 cm³/mol. The number of carboxylic acids is 1. The second kappa shape index (κ2) is 4.75. The quantitative estimate of drug-likeness (QED) is 0.642. The van der Waals surface area contributed by atoms with Crippen LogP contribution in [-0.4, -0.2) is 40.5 Å². The molecule has 1 heterocycles. The zero-order valence-electron chi connectivity index (χ0n) is 8.22. The zero-order valence-corrected chi connectivity index (χ0v) is 8.22. The van der Waals surface area contributed by atoms with Gasteiger partial charge in [0.15, 0.2) is 0 Å². The van der Waals surface area contributed by atoms with Crippen molar-refractivity contribution in [1.82, 2.24) is 4.90 Å². The minimum Gasteiger partial charge on any atom is -0.481 e. The molecular weight excluding hydrogens is 198 g/mol. The summed E-state index contributed by atoms with van der Waals surface area (Å²) in [5.41, 5.74) is 5.43. The Labute approximate surface area is 87.3 Å². The van der Waals surface area contributed by atoms with E-state index in [0.717, 1.165) is 6.42 Å². The Morgan fingerprint density at radius 3 is 2.87 bits per heavy atom. The number of nitriles is 1. The van der Waals surface area contributed by atoms with E-state index in [2.05, 4.69) is 0 Å². The Bertz CT molecular complexity index is 310. The Kier molecular flexibility index (Phi) is 3.63. The van der Waals surface area contributed by atoms with Gasteiger partial charge in [-0.05, 0) is 12.8 Å². The van der Waals surface area contributed by atoms with Crippen LogP contribution in [0.2, 0.25) is 0 Å². The van der Waals surface area contributed by atoms with Crippen molar-refractivity contribution in [2.45, 2.75) is 31.3 Å². The van der Waals surface area contributed by atoms with Crippen LogP contribution in [0.25, 0.3) is 0 Å². The van der Waals surface area contributed by atoms with E-state index in [0.29, 0.717) is 13.0 Å². The highest BCUT2D eigenvalue weighted by Gasteiger charge is 2.32. The number of rotatable bonds is 3. The molecule has 6 heteroatoms. The van der Waals surface area contributed by atoms with E-state index in [4.69, 9.17) is 16.1 Å². The van der Waals surface area contributed by atoms with Crippen LogP contribution in [0.4, 0.5) is 0 Å². The van der Waals surface area contributed by atoms with Crippen molar-refractivity contribution in [3.8, 4) is 6.07 Å². The van der Waals surface area contributed by atoms with Crippen LogP contribution in [0.5, 0.6) is 0 Å². The number of hydrogen-bond acceptors (Lipinski definition) is 4. The average Bonchev–Trinajstić information content (AvgIpc) is 2.62. The van der Waals surface area contributed by atoms with Gasteiger partial charge in [0.1, 0.15) is 6.04 Å². The lowest BCUT2D eigenvalue weighted by Gasteiger charge is -2.22. The molecule has 1 aliphatic heterocycles. The van der Waals surface area contributed by atoms with Crippen molar-refractivity contribution < 1.29 is 14.7 Å². The molecule has 3 N–H and O–H groups in total. The Morgan fingerprint density at radius 2 is 2.33 bits per heavy atom. The van der Waals surface area contributed by atoms with E-state index in [1.807, 2.05) is 6.07 Å². The summed E-state index contributed by atoms with van der Waals surface area (Å²) in [5.74, 6) is -1.55. The van der Waals surface area contributed by atoms with Crippen molar-refractivity contribution in [3.05, 3.63) is 0 Å². The molecule has 0 saturated carbocycles. The summed E-state index contributed by atoms with van der Waals surface area (Å²) in [6.45, 7) is 0.490. The summed E-state index contributed by atoms with van der Waals surface area (Å²) in [6, 6.07) is 0.513. The van der Waals surface area contributed by atoms with Crippen LogP contribution >= 0.6 is 0 Å². The molecule has 0 aliphatic carbocycles. The van der Waals surface area contributed by atoms with E-state index in [-0.39, 0.29) is 0 Å². The highest BCUT2D eigenvalue weighted by Crippen LogP contribution is 2.17. The molecule has 0 spiro atoms. The summed E-state index contributed by atoms with van der Waals surface area (Å²) in [4.78, 5) is 23.4. The topological polar surface area (TPSA) is 107 Å². The van der Waals surface area contributed by atoms with Crippen molar-refractivity contribution in [2.75, 3.05) is 6.54 Å². The molecule has 6 nitrogen and oxygen atoms in total. The summed E-state index contributed by atoms with van der Waals surface area (Å²) < 4.78 is 0. The van der Waals surface area contributed by atoms with Crippen LogP contribution in [0, 0.1) is 11.3 Å². The summed E-state index contributed by atoms with van der Waals surface area (Å²) in [5, 5.41) is 17.2. The SMILES string of the molecule is N#CC1CCCN1C(=O)C(N)CC(=O)O. The van der Waals surface area contributed by atoms with Crippen LogP contribution < -0.4 is 5.73 Å². The maximum atomic E-state index is 11.6. The van der Waals surface area contributed by atoms with Gasteiger partial charge in [0, 0.05) is 6.54 Å². The lowest BCUT2D eigenvalue weighted by atomic mass is 10.2. The molecule has 2 unspecified atom stereocenters. The monoisotopic (exact) mass is 211 g/mol. The van der Waals surface area contributed by atoms with Gasteiger partial charge in [-0.15, -0.1) is 0 Å². The van der Waals surface area contributed by atoms with E-state index < -0.39 is 30.4 Å². The molecule has 0 radical (unpaired) electrons. The molecule has 1 fully saturated rings. The molecule has 0 aromatic carbocycles. The molecule has 0 aromatic rings. The van der Waals surface area contributed by atoms with Crippen molar-refractivity contribution in [3.63, 3.8) is 0 Å².